The number of amides is 2. The lowest BCUT2D eigenvalue weighted by atomic mass is 9.93. The van der Waals surface area contributed by atoms with Crippen molar-refractivity contribution in [2.24, 2.45) is 0 Å². The molecule has 0 spiro atoms. The molecule has 1 aliphatic rings. The highest BCUT2D eigenvalue weighted by molar-refractivity contribution is 6.31. The molecule has 0 aliphatic carbocycles. The number of unbranched alkanes of at least 4 members (excludes halogenated alkanes) is 2. The molecule has 5 rings (SSSR count). The third kappa shape index (κ3) is 6.45. The van der Waals surface area contributed by atoms with Crippen LogP contribution in [-0.2, 0) is 16.2 Å². The Morgan fingerprint density at radius 3 is 2.37 bits per heavy atom. The molecule has 0 atom stereocenters. The highest BCUT2D eigenvalue weighted by atomic mass is 35.5. The minimum Gasteiger partial charge on any atom is -0.489 e. The fraction of sp³-hybridized carbons (Fsp3) is 0.200. The third-order valence-electron chi connectivity index (χ3n) is 7.35. The monoisotopic (exact) mass is 590 g/mol. The van der Waals surface area contributed by atoms with Gasteiger partial charge in [-0.05, 0) is 67.5 Å². The van der Waals surface area contributed by atoms with E-state index in [1.807, 2.05) is 91.1 Å². The number of nitriles is 1. The van der Waals surface area contributed by atoms with E-state index in [0.29, 0.717) is 46.2 Å². The summed E-state index contributed by atoms with van der Waals surface area (Å²) in [6.45, 7) is 4.31. The van der Waals surface area contributed by atoms with Gasteiger partial charge in [0.25, 0.3) is 11.8 Å². The van der Waals surface area contributed by atoms with Crippen LogP contribution >= 0.6 is 11.6 Å². The van der Waals surface area contributed by atoms with Gasteiger partial charge in [0.2, 0.25) is 0 Å². The second-order valence-corrected chi connectivity index (χ2v) is 10.7. The molecule has 216 valence electrons. The molecule has 0 fully saturated rings. The van der Waals surface area contributed by atoms with Crippen molar-refractivity contribution < 1.29 is 14.3 Å². The van der Waals surface area contributed by atoms with Crippen LogP contribution in [0, 0.1) is 11.3 Å². The number of hydrogen-bond acceptors (Lipinski definition) is 5. The second kappa shape index (κ2) is 13.4. The number of benzene rings is 3. The average molecular weight is 591 g/mol. The van der Waals surface area contributed by atoms with Gasteiger partial charge in [0.1, 0.15) is 24.0 Å². The SMILES string of the molecule is CCCCCN1C(=O)C(C#N)=C(C)/C(=C\c2cn(-c3ccccc3)nc2-c2ccc(OCc3ccccc3Cl)cc2)C1=O. The summed E-state index contributed by atoms with van der Waals surface area (Å²) in [7, 11) is 0. The topological polar surface area (TPSA) is 88.2 Å². The maximum Gasteiger partial charge on any atom is 0.271 e. The molecule has 4 aromatic rings. The van der Waals surface area contributed by atoms with Crippen LogP contribution < -0.4 is 4.74 Å². The van der Waals surface area contributed by atoms with Gasteiger partial charge in [0.05, 0.1) is 11.4 Å². The van der Waals surface area contributed by atoms with E-state index in [1.54, 1.807) is 17.7 Å². The molecule has 0 saturated heterocycles. The first-order valence-electron chi connectivity index (χ1n) is 14.2. The minimum absolute atomic E-state index is 0.0145. The Bertz CT molecular complexity index is 1750. The normalized spacial score (nSPS) is 14.4. The van der Waals surface area contributed by atoms with Crippen LogP contribution in [0.4, 0.5) is 0 Å². The highest BCUT2D eigenvalue weighted by Gasteiger charge is 2.35. The van der Waals surface area contributed by atoms with E-state index >= 15 is 0 Å². The molecule has 2 heterocycles. The Balaban J connectivity index is 1.53. The number of carbonyl (C=O) groups excluding carboxylic acids is 2. The first kappa shape index (κ1) is 29.6. The fourth-order valence-corrected chi connectivity index (χ4v) is 5.11. The molecule has 43 heavy (non-hydrogen) atoms. The van der Waals surface area contributed by atoms with E-state index in [-0.39, 0.29) is 12.1 Å². The number of aromatic nitrogens is 2. The number of halogens is 1. The summed E-state index contributed by atoms with van der Waals surface area (Å²) in [5, 5.41) is 15.3. The molecular formula is C35H31ClN4O3. The fourth-order valence-electron chi connectivity index (χ4n) is 4.92. The van der Waals surface area contributed by atoms with E-state index in [9.17, 15) is 14.9 Å². The van der Waals surface area contributed by atoms with Crippen molar-refractivity contribution in [2.45, 2.75) is 39.7 Å². The van der Waals surface area contributed by atoms with Gasteiger partial charge >= 0.3 is 0 Å². The molecule has 1 aromatic heterocycles. The van der Waals surface area contributed by atoms with E-state index in [1.165, 1.54) is 4.90 Å². The predicted octanol–water partition coefficient (Wildman–Crippen LogP) is 7.55. The molecule has 1 aliphatic heterocycles. The lowest BCUT2D eigenvalue weighted by Crippen LogP contribution is -2.43. The zero-order valence-corrected chi connectivity index (χ0v) is 24.8. The quantitative estimate of drug-likeness (QED) is 0.108. The summed E-state index contributed by atoms with van der Waals surface area (Å²) in [6.07, 6.45) is 6.10. The van der Waals surface area contributed by atoms with Crippen LogP contribution in [0.3, 0.4) is 0 Å². The molecule has 0 radical (unpaired) electrons. The molecule has 0 bridgehead atoms. The van der Waals surface area contributed by atoms with Crippen molar-refractivity contribution in [1.82, 2.24) is 14.7 Å². The lowest BCUT2D eigenvalue weighted by Gasteiger charge is -2.27. The third-order valence-corrected chi connectivity index (χ3v) is 7.72. The zero-order chi connectivity index (χ0) is 30.3. The van der Waals surface area contributed by atoms with Crippen LogP contribution in [-0.4, -0.2) is 33.0 Å². The van der Waals surface area contributed by atoms with Crippen molar-refractivity contribution in [3.63, 3.8) is 0 Å². The largest absolute Gasteiger partial charge is 0.489 e. The maximum atomic E-state index is 13.6. The summed E-state index contributed by atoms with van der Waals surface area (Å²) in [5.41, 5.74) is 4.53. The number of rotatable bonds is 10. The van der Waals surface area contributed by atoms with Gasteiger partial charge in [-0.3, -0.25) is 14.5 Å². The standard InChI is InChI=1S/C35H31ClN4O3/c1-3-4-10-19-39-34(41)30(24(2)31(21-37)35(39)42)20-27-22-40(28-12-6-5-7-13-28)38-33(27)25-15-17-29(18-16-25)43-23-26-11-8-9-14-32(26)36/h5-9,11-18,20,22H,3-4,10,19,23H2,1-2H3/b30-20+. The first-order valence-corrected chi connectivity index (χ1v) is 14.6. The molecule has 0 saturated carbocycles. The highest BCUT2D eigenvalue weighted by Crippen LogP contribution is 2.32. The Hall–Kier alpha value is -4.93. The number of para-hydroxylation sites is 1. The number of carbonyl (C=O) groups is 2. The van der Waals surface area contributed by atoms with Gasteiger partial charge in [-0.1, -0.05) is 67.8 Å². The predicted molar refractivity (Wildman–Crippen MR) is 167 cm³/mol. The van der Waals surface area contributed by atoms with Gasteiger partial charge in [-0.15, -0.1) is 0 Å². The van der Waals surface area contributed by atoms with Crippen LogP contribution in [0.25, 0.3) is 23.0 Å². The maximum absolute atomic E-state index is 13.6. The summed E-state index contributed by atoms with van der Waals surface area (Å²) < 4.78 is 7.72. The van der Waals surface area contributed by atoms with Crippen LogP contribution in [0.5, 0.6) is 5.75 Å². The number of imide groups is 1. The van der Waals surface area contributed by atoms with Crippen LogP contribution in [0.1, 0.15) is 44.2 Å². The molecule has 7 nitrogen and oxygen atoms in total. The Morgan fingerprint density at radius 1 is 0.953 bits per heavy atom. The molecular weight excluding hydrogens is 560 g/mol. The van der Waals surface area contributed by atoms with Crippen molar-refractivity contribution in [2.75, 3.05) is 6.54 Å². The summed E-state index contributed by atoms with van der Waals surface area (Å²) in [4.78, 5) is 27.8. The summed E-state index contributed by atoms with van der Waals surface area (Å²) in [6, 6.07) is 26.8. The lowest BCUT2D eigenvalue weighted by molar-refractivity contribution is -0.140. The average Bonchev–Trinajstić information content (AvgIpc) is 3.45. The Labute approximate surface area is 256 Å². The van der Waals surface area contributed by atoms with Gasteiger partial charge in [-0.2, -0.15) is 10.4 Å². The summed E-state index contributed by atoms with van der Waals surface area (Å²) >= 11 is 6.27. The molecule has 0 N–H and O–H groups in total. The van der Waals surface area contributed by atoms with Gasteiger partial charge in [-0.25, -0.2) is 4.68 Å². The smallest absolute Gasteiger partial charge is 0.271 e. The Kier molecular flexibility index (Phi) is 9.19. The van der Waals surface area contributed by atoms with Gasteiger partial charge in [0.15, 0.2) is 0 Å². The molecule has 0 unspecified atom stereocenters. The first-order chi connectivity index (χ1) is 20.9. The Morgan fingerprint density at radius 2 is 1.67 bits per heavy atom. The second-order valence-electron chi connectivity index (χ2n) is 10.3. The van der Waals surface area contributed by atoms with Crippen molar-refractivity contribution in [3.8, 4) is 28.8 Å². The number of nitrogens with zero attached hydrogens (tertiary/aromatic N) is 4. The van der Waals surface area contributed by atoms with E-state index in [2.05, 4.69) is 6.92 Å². The van der Waals surface area contributed by atoms with Crippen molar-refractivity contribution >= 4 is 29.5 Å². The van der Waals surface area contributed by atoms with Crippen LogP contribution in [0.15, 0.2) is 102 Å². The van der Waals surface area contributed by atoms with E-state index in [0.717, 1.165) is 29.7 Å². The van der Waals surface area contributed by atoms with E-state index in [4.69, 9.17) is 21.4 Å². The minimum atomic E-state index is -0.536. The molecule has 3 aromatic carbocycles. The van der Waals surface area contributed by atoms with Crippen molar-refractivity contribution in [1.29, 1.82) is 5.26 Å². The number of ether oxygens (including phenoxy) is 1. The van der Waals surface area contributed by atoms with E-state index < -0.39 is 11.8 Å². The zero-order valence-electron chi connectivity index (χ0n) is 24.1. The van der Waals surface area contributed by atoms with Gasteiger partial charge in [0, 0.05) is 40.0 Å². The number of hydrogen-bond donors (Lipinski definition) is 0. The molecule has 2 amide bonds. The van der Waals surface area contributed by atoms with Gasteiger partial charge < -0.3 is 4.74 Å². The van der Waals surface area contributed by atoms with Crippen LogP contribution in [0.2, 0.25) is 5.02 Å². The summed E-state index contributed by atoms with van der Waals surface area (Å²) in [5.74, 6) is -0.266. The molecule has 8 heteroatoms. The van der Waals surface area contributed by atoms with Crippen molar-refractivity contribution in [3.05, 3.63) is 118 Å².